The second kappa shape index (κ2) is 6.85. The fourth-order valence-corrected chi connectivity index (χ4v) is 3.60. The lowest BCUT2D eigenvalue weighted by molar-refractivity contribution is 0.382. The highest BCUT2D eigenvalue weighted by atomic mass is 32.2. The van der Waals surface area contributed by atoms with Crippen LogP contribution in [0.25, 0.3) is 0 Å². The van der Waals surface area contributed by atoms with E-state index < -0.39 is 0 Å². The van der Waals surface area contributed by atoms with Gasteiger partial charge in [-0.2, -0.15) is 11.8 Å². The highest BCUT2D eigenvalue weighted by molar-refractivity contribution is 7.99. The van der Waals surface area contributed by atoms with Crippen LogP contribution in [-0.4, -0.2) is 10.8 Å². The van der Waals surface area contributed by atoms with Gasteiger partial charge in [0.2, 0.25) is 0 Å². The second-order valence-electron chi connectivity index (χ2n) is 6.54. The molecule has 1 aromatic heterocycles. The fourth-order valence-electron chi connectivity index (χ4n) is 2.38. The van der Waals surface area contributed by atoms with E-state index in [4.69, 9.17) is 4.42 Å². The van der Waals surface area contributed by atoms with Crippen LogP contribution in [0.3, 0.4) is 0 Å². The summed E-state index contributed by atoms with van der Waals surface area (Å²) in [5.74, 6) is 3.20. The van der Waals surface area contributed by atoms with Gasteiger partial charge in [0.15, 0.2) is 0 Å². The standard InChI is InChI=1S/C16H27NOS/c1-16(2,3)17-11-13-9-10-14(18-13)12-19-15-7-5-4-6-8-15/h9-10,15,17H,4-8,11-12H2,1-3H3. The molecule has 0 aliphatic heterocycles. The lowest BCUT2D eigenvalue weighted by Crippen LogP contribution is -2.34. The van der Waals surface area contributed by atoms with Crippen molar-refractivity contribution in [3.05, 3.63) is 23.7 Å². The quantitative estimate of drug-likeness (QED) is 0.844. The molecule has 0 atom stereocenters. The number of hydrogen-bond donors (Lipinski definition) is 1. The maximum absolute atomic E-state index is 5.89. The van der Waals surface area contributed by atoms with E-state index >= 15 is 0 Å². The third-order valence-corrected chi connectivity index (χ3v) is 4.92. The van der Waals surface area contributed by atoms with Crippen molar-refractivity contribution in [1.82, 2.24) is 5.32 Å². The van der Waals surface area contributed by atoms with E-state index in [-0.39, 0.29) is 5.54 Å². The molecule has 1 fully saturated rings. The zero-order valence-corrected chi connectivity index (χ0v) is 13.3. The third-order valence-electron chi connectivity index (χ3n) is 3.52. The van der Waals surface area contributed by atoms with Gasteiger partial charge in [0, 0.05) is 10.8 Å². The largest absolute Gasteiger partial charge is 0.464 e. The van der Waals surface area contributed by atoms with Crippen LogP contribution in [-0.2, 0) is 12.3 Å². The highest BCUT2D eigenvalue weighted by Gasteiger charge is 2.15. The lowest BCUT2D eigenvalue weighted by Gasteiger charge is -2.20. The third kappa shape index (κ3) is 5.62. The molecule has 0 radical (unpaired) electrons. The first-order valence-electron chi connectivity index (χ1n) is 7.47. The Morgan fingerprint density at radius 2 is 1.84 bits per heavy atom. The molecule has 3 heteroatoms. The average Bonchev–Trinajstić information content (AvgIpc) is 2.82. The molecule has 2 rings (SSSR count). The van der Waals surface area contributed by atoms with Crippen molar-refractivity contribution in [2.45, 2.75) is 76.0 Å². The van der Waals surface area contributed by atoms with Crippen molar-refractivity contribution >= 4 is 11.8 Å². The van der Waals surface area contributed by atoms with Gasteiger partial charge in [-0.05, 0) is 45.7 Å². The summed E-state index contributed by atoms with van der Waals surface area (Å²) in [5, 5.41) is 4.31. The van der Waals surface area contributed by atoms with Crippen molar-refractivity contribution in [3.63, 3.8) is 0 Å². The Hall–Kier alpha value is -0.410. The number of nitrogens with one attached hydrogen (secondary N) is 1. The Kier molecular flexibility index (Phi) is 5.40. The minimum atomic E-state index is 0.143. The van der Waals surface area contributed by atoms with Crippen molar-refractivity contribution in [3.8, 4) is 0 Å². The minimum Gasteiger partial charge on any atom is -0.464 e. The number of thioether (sulfide) groups is 1. The Labute approximate surface area is 121 Å². The molecule has 1 heterocycles. The molecule has 108 valence electrons. The molecule has 1 aliphatic carbocycles. The van der Waals surface area contributed by atoms with Crippen LogP contribution in [0.5, 0.6) is 0 Å². The molecule has 1 N–H and O–H groups in total. The Bertz CT molecular complexity index is 374. The first-order valence-corrected chi connectivity index (χ1v) is 8.52. The van der Waals surface area contributed by atoms with E-state index in [1.807, 2.05) is 0 Å². The van der Waals surface area contributed by atoms with Gasteiger partial charge < -0.3 is 9.73 Å². The summed E-state index contributed by atoms with van der Waals surface area (Å²) in [6.07, 6.45) is 7.04. The summed E-state index contributed by atoms with van der Waals surface area (Å²) in [7, 11) is 0. The first-order chi connectivity index (χ1) is 9.03. The number of rotatable bonds is 5. The molecule has 0 amide bonds. The topological polar surface area (TPSA) is 25.2 Å². The summed E-state index contributed by atoms with van der Waals surface area (Å²) in [6, 6.07) is 4.24. The van der Waals surface area contributed by atoms with E-state index in [0.717, 1.165) is 29.1 Å². The van der Waals surface area contributed by atoms with Crippen molar-refractivity contribution in [1.29, 1.82) is 0 Å². The molecule has 19 heavy (non-hydrogen) atoms. The summed E-state index contributed by atoms with van der Waals surface area (Å²) in [4.78, 5) is 0. The van der Waals surface area contributed by atoms with Crippen LogP contribution >= 0.6 is 11.8 Å². The monoisotopic (exact) mass is 281 g/mol. The van der Waals surface area contributed by atoms with Gasteiger partial charge in [0.05, 0.1) is 12.3 Å². The smallest absolute Gasteiger partial charge is 0.118 e. The molecule has 1 saturated carbocycles. The predicted molar refractivity (Wildman–Crippen MR) is 83.5 cm³/mol. The summed E-state index contributed by atoms with van der Waals surface area (Å²) in [5.41, 5.74) is 0.143. The molecule has 0 bridgehead atoms. The van der Waals surface area contributed by atoms with Crippen LogP contribution in [0, 0.1) is 0 Å². The van der Waals surface area contributed by atoms with E-state index in [2.05, 4.69) is 50.0 Å². The normalized spacial score (nSPS) is 17.8. The minimum absolute atomic E-state index is 0.143. The molecule has 0 unspecified atom stereocenters. The zero-order valence-electron chi connectivity index (χ0n) is 12.5. The Morgan fingerprint density at radius 1 is 1.16 bits per heavy atom. The number of furan rings is 1. The molecule has 0 spiro atoms. The number of hydrogen-bond acceptors (Lipinski definition) is 3. The molecule has 0 saturated heterocycles. The Balaban J connectivity index is 1.74. The van der Waals surface area contributed by atoms with Crippen molar-refractivity contribution < 1.29 is 4.42 Å². The molecule has 0 aromatic carbocycles. The van der Waals surface area contributed by atoms with Gasteiger partial charge in [-0.3, -0.25) is 0 Å². The maximum atomic E-state index is 5.89. The van der Waals surface area contributed by atoms with Gasteiger partial charge in [-0.25, -0.2) is 0 Å². The Morgan fingerprint density at radius 3 is 2.53 bits per heavy atom. The predicted octanol–water partition coefficient (Wildman–Crippen LogP) is 4.73. The SMILES string of the molecule is CC(C)(C)NCc1ccc(CSC2CCCCC2)o1. The second-order valence-corrected chi connectivity index (χ2v) is 7.83. The summed E-state index contributed by atoms with van der Waals surface area (Å²) < 4.78 is 5.89. The van der Waals surface area contributed by atoms with Crippen molar-refractivity contribution in [2.75, 3.05) is 0 Å². The molecule has 1 aromatic rings. The van der Waals surface area contributed by atoms with E-state index in [0.29, 0.717) is 0 Å². The summed E-state index contributed by atoms with van der Waals surface area (Å²) in [6.45, 7) is 7.35. The summed E-state index contributed by atoms with van der Waals surface area (Å²) >= 11 is 2.07. The lowest BCUT2D eigenvalue weighted by atomic mass is 10.0. The zero-order chi connectivity index (χ0) is 13.7. The molecule has 2 nitrogen and oxygen atoms in total. The maximum Gasteiger partial charge on any atom is 0.118 e. The van der Waals surface area contributed by atoms with Crippen LogP contribution in [0.4, 0.5) is 0 Å². The van der Waals surface area contributed by atoms with E-state index in [9.17, 15) is 0 Å². The van der Waals surface area contributed by atoms with E-state index in [1.165, 1.54) is 32.1 Å². The van der Waals surface area contributed by atoms with Crippen LogP contribution in [0.2, 0.25) is 0 Å². The van der Waals surface area contributed by atoms with E-state index in [1.54, 1.807) is 0 Å². The molecular weight excluding hydrogens is 254 g/mol. The molecular formula is C16H27NOS. The van der Waals surface area contributed by atoms with Crippen LogP contribution in [0.15, 0.2) is 16.5 Å². The van der Waals surface area contributed by atoms with Crippen LogP contribution < -0.4 is 5.32 Å². The average molecular weight is 281 g/mol. The highest BCUT2D eigenvalue weighted by Crippen LogP contribution is 2.30. The van der Waals surface area contributed by atoms with Gasteiger partial charge in [-0.15, -0.1) is 0 Å². The van der Waals surface area contributed by atoms with Gasteiger partial charge in [-0.1, -0.05) is 19.3 Å². The fraction of sp³-hybridized carbons (Fsp3) is 0.750. The van der Waals surface area contributed by atoms with Crippen LogP contribution in [0.1, 0.15) is 64.4 Å². The first kappa shape index (κ1) is 15.0. The van der Waals surface area contributed by atoms with Crippen molar-refractivity contribution in [2.24, 2.45) is 0 Å². The van der Waals surface area contributed by atoms with Gasteiger partial charge in [0.1, 0.15) is 11.5 Å². The van der Waals surface area contributed by atoms with Gasteiger partial charge in [0.25, 0.3) is 0 Å². The van der Waals surface area contributed by atoms with Gasteiger partial charge >= 0.3 is 0 Å². The molecule has 1 aliphatic rings.